The number of hydrogen-bond acceptors (Lipinski definition) is 3. The minimum Gasteiger partial charge on any atom is -0.492 e. The molecule has 1 aromatic rings. The first-order valence-corrected chi connectivity index (χ1v) is 7.25. The number of ether oxygens (including phenoxy) is 2. The SMILES string of the molecule is CCCOc1c(C(=O)OC(C)(C)C)cccc1C(C)C. The summed E-state index contributed by atoms with van der Waals surface area (Å²) in [7, 11) is 0. The van der Waals surface area contributed by atoms with Gasteiger partial charge in [0.1, 0.15) is 16.9 Å². The highest BCUT2D eigenvalue weighted by Crippen LogP contribution is 2.31. The molecule has 0 aliphatic heterocycles. The van der Waals surface area contributed by atoms with Gasteiger partial charge in [-0.15, -0.1) is 0 Å². The first-order valence-electron chi connectivity index (χ1n) is 7.25. The van der Waals surface area contributed by atoms with Gasteiger partial charge < -0.3 is 9.47 Å². The summed E-state index contributed by atoms with van der Waals surface area (Å²) in [5, 5.41) is 0. The number of rotatable bonds is 5. The van der Waals surface area contributed by atoms with Gasteiger partial charge >= 0.3 is 5.97 Å². The van der Waals surface area contributed by atoms with Crippen molar-refractivity contribution in [1.29, 1.82) is 0 Å². The van der Waals surface area contributed by atoms with E-state index in [1.165, 1.54) is 0 Å². The van der Waals surface area contributed by atoms with Crippen LogP contribution in [0, 0.1) is 0 Å². The van der Waals surface area contributed by atoms with E-state index in [2.05, 4.69) is 13.8 Å². The third kappa shape index (κ3) is 4.55. The van der Waals surface area contributed by atoms with Crippen molar-refractivity contribution in [3.63, 3.8) is 0 Å². The predicted octanol–water partition coefficient (Wildman–Crippen LogP) is 4.55. The standard InChI is InChI=1S/C17H26O3/c1-7-11-19-15-13(12(2)3)9-8-10-14(15)16(18)20-17(4,5)6/h8-10,12H,7,11H2,1-6H3. The molecule has 112 valence electrons. The van der Waals surface area contributed by atoms with Gasteiger partial charge in [0.15, 0.2) is 0 Å². The van der Waals surface area contributed by atoms with Crippen molar-refractivity contribution in [3.8, 4) is 5.75 Å². The summed E-state index contributed by atoms with van der Waals surface area (Å²) < 4.78 is 11.3. The van der Waals surface area contributed by atoms with Gasteiger partial charge in [-0.2, -0.15) is 0 Å². The van der Waals surface area contributed by atoms with Crippen LogP contribution in [0.3, 0.4) is 0 Å². The van der Waals surface area contributed by atoms with E-state index in [-0.39, 0.29) is 5.97 Å². The molecule has 0 radical (unpaired) electrons. The lowest BCUT2D eigenvalue weighted by Gasteiger charge is -2.22. The van der Waals surface area contributed by atoms with Crippen LogP contribution in [-0.4, -0.2) is 18.2 Å². The molecule has 0 atom stereocenters. The monoisotopic (exact) mass is 278 g/mol. The van der Waals surface area contributed by atoms with E-state index in [0.29, 0.717) is 23.8 Å². The Morgan fingerprint density at radius 1 is 1.25 bits per heavy atom. The van der Waals surface area contributed by atoms with Crippen LogP contribution in [0.2, 0.25) is 0 Å². The van der Waals surface area contributed by atoms with Crippen LogP contribution in [0.15, 0.2) is 18.2 Å². The van der Waals surface area contributed by atoms with Crippen LogP contribution >= 0.6 is 0 Å². The highest BCUT2D eigenvalue weighted by Gasteiger charge is 2.23. The molecular weight excluding hydrogens is 252 g/mol. The lowest BCUT2D eigenvalue weighted by molar-refractivity contribution is 0.00656. The normalized spacial score (nSPS) is 11.6. The molecule has 20 heavy (non-hydrogen) atoms. The van der Waals surface area contributed by atoms with E-state index in [1.54, 1.807) is 6.07 Å². The first kappa shape index (κ1) is 16.5. The lowest BCUT2D eigenvalue weighted by atomic mass is 9.99. The maximum absolute atomic E-state index is 12.3. The summed E-state index contributed by atoms with van der Waals surface area (Å²) in [6, 6.07) is 5.65. The van der Waals surface area contributed by atoms with Crippen molar-refractivity contribution < 1.29 is 14.3 Å². The summed E-state index contributed by atoms with van der Waals surface area (Å²) in [6.07, 6.45) is 0.903. The van der Waals surface area contributed by atoms with Gasteiger partial charge in [0.2, 0.25) is 0 Å². The summed E-state index contributed by atoms with van der Waals surface area (Å²) >= 11 is 0. The van der Waals surface area contributed by atoms with Gasteiger partial charge in [-0.05, 0) is 44.7 Å². The minimum atomic E-state index is -0.507. The van der Waals surface area contributed by atoms with E-state index in [1.807, 2.05) is 39.8 Å². The molecule has 0 unspecified atom stereocenters. The zero-order valence-corrected chi connectivity index (χ0v) is 13.4. The second-order valence-corrected chi connectivity index (χ2v) is 6.23. The fourth-order valence-electron chi connectivity index (χ4n) is 1.87. The Hall–Kier alpha value is -1.51. The van der Waals surface area contributed by atoms with Crippen LogP contribution in [0.1, 0.15) is 69.8 Å². The largest absolute Gasteiger partial charge is 0.492 e. The Morgan fingerprint density at radius 3 is 2.40 bits per heavy atom. The molecule has 0 aromatic heterocycles. The van der Waals surface area contributed by atoms with Gasteiger partial charge in [-0.25, -0.2) is 4.79 Å². The molecule has 3 nitrogen and oxygen atoms in total. The summed E-state index contributed by atoms with van der Waals surface area (Å²) in [5.41, 5.74) is 1.05. The maximum Gasteiger partial charge on any atom is 0.342 e. The Morgan fingerprint density at radius 2 is 1.90 bits per heavy atom. The van der Waals surface area contributed by atoms with Crippen LogP contribution in [0.5, 0.6) is 5.75 Å². The molecule has 1 rings (SSSR count). The third-order valence-electron chi connectivity index (χ3n) is 2.74. The van der Waals surface area contributed by atoms with E-state index in [9.17, 15) is 4.79 Å². The van der Waals surface area contributed by atoms with Crippen molar-refractivity contribution in [2.45, 2.75) is 59.5 Å². The molecule has 0 aliphatic carbocycles. The molecule has 0 heterocycles. The fourth-order valence-corrected chi connectivity index (χ4v) is 1.87. The number of para-hydroxylation sites is 1. The highest BCUT2D eigenvalue weighted by molar-refractivity contribution is 5.93. The molecule has 0 N–H and O–H groups in total. The third-order valence-corrected chi connectivity index (χ3v) is 2.74. The minimum absolute atomic E-state index is 0.296. The molecule has 0 amide bonds. The quantitative estimate of drug-likeness (QED) is 0.741. The van der Waals surface area contributed by atoms with Crippen molar-refractivity contribution in [1.82, 2.24) is 0 Å². The number of carbonyl (C=O) groups is 1. The summed E-state index contributed by atoms with van der Waals surface area (Å²) in [5.74, 6) is 0.633. The van der Waals surface area contributed by atoms with Crippen molar-refractivity contribution in [2.75, 3.05) is 6.61 Å². The van der Waals surface area contributed by atoms with Gasteiger partial charge in [-0.3, -0.25) is 0 Å². The van der Waals surface area contributed by atoms with Crippen LogP contribution in [0.4, 0.5) is 0 Å². The molecule has 0 aliphatic rings. The Kier molecular flexibility index (Phi) is 5.61. The maximum atomic E-state index is 12.3. The van der Waals surface area contributed by atoms with Crippen LogP contribution in [-0.2, 0) is 4.74 Å². The highest BCUT2D eigenvalue weighted by atomic mass is 16.6. The average molecular weight is 278 g/mol. The smallest absolute Gasteiger partial charge is 0.342 e. The molecular formula is C17H26O3. The van der Waals surface area contributed by atoms with Gasteiger partial charge in [0.25, 0.3) is 0 Å². The van der Waals surface area contributed by atoms with Crippen molar-refractivity contribution in [3.05, 3.63) is 29.3 Å². The molecule has 0 bridgehead atoms. The molecule has 0 saturated carbocycles. The van der Waals surface area contributed by atoms with E-state index >= 15 is 0 Å². The Balaban J connectivity index is 3.17. The molecule has 0 fully saturated rings. The molecule has 0 spiro atoms. The number of carbonyl (C=O) groups excluding carboxylic acids is 1. The topological polar surface area (TPSA) is 35.5 Å². The van der Waals surface area contributed by atoms with Crippen LogP contribution < -0.4 is 4.74 Å². The predicted molar refractivity (Wildman–Crippen MR) is 81.5 cm³/mol. The van der Waals surface area contributed by atoms with Gasteiger partial charge in [0, 0.05) is 0 Å². The molecule has 3 heteroatoms. The van der Waals surface area contributed by atoms with E-state index in [4.69, 9.17) is 9.47 Å². The molecule has 0 saturated heterocycles. The van der Waals surface area contributed by atoms with E-state index < -0.39 is 5.60 Å². The number of benzene rings is 1. The van der Waals surface area contributed by atoms with Gasteiger partial charge in [-0.1, -0.05) is 32.9 Å². The number of hydrogen-bond donors (Lipinski definition) is 0. The molecule has 1 aromatic carbocycles. The Labute approximate surface area is 122 Å². The second-order valence-electron chi connectivity index (χ2n) is 6.23. The average Bonchev–Trinajstić information content (AvgIpc) is 2.33. The second kappa shape index (κ2) is 6.78. The summed E-state index contributed by atoms with van der Waals surface area (Å²) in [6.45, 7) is 12.4. The Bertz CT molecular complexity index is 456. The fraction of sp³-hybridized carbons (Fsp3) is 0.588. The zero-order chi connectivity index (χ0) is 15.3. The van der Waals surface area contributed by atoms with E-state index in [0.717, 1.165) is 12.0 Å². The lowest BCUT2D eigenvalue weighted by Crippen LogP contribution is -2.24. The number of esters is 1. The van der Waals surface area contributed by atoms with Crippen molar-refractivity contribution in [2.24, 2.45) is 0 Å². The zero-order valence-electron chi connectivity index (χ0n) is 13.4. The summed E-state index contributed by atoms with van der Waals surface area (Å²) in [4.78, 5) is 12.3. The van der Waals surface area contributed by atoms with Crippen molar-refractivity contribution >= 4 is 5.97 Å². The van der Waals surface area contributed by atoms with Crippen LogP contribution in [0.25, 0.3) is 0 Å². The van der Waals surface area contributed by atoms with Gasteiger partial charge in [0.05, 0.1) is 6.61 Å². The first-order chi connectivity index (χ1) is 9.26.